The lowest BCUT2D eigenvalue weighted by molar-refractivity contribution is -0.114. The van der Waals surface area contributed by atoms with Crippen LogP contribution in [0.3, 0.4) is 0 Å². The topological polar surface area (TPSA) is 138 Å². The third-order valence-corrected chi connectivity index (χ3v) is 6.76. The highest BCUT2D eigenvalue weighted by Crippen LogP contribution is 2.19. The number of rotatable bonds is 8. The van der Waals surface area contributed by atoms with Gasteiger partial charge in [-0.3, -0.25) is 9.10 Å². The van der Waals surface area contributed by atoms with Crippen LogP contribution in [0.4, 0.5) is 21.7 Å². The van der Waals surface area contributed by atoms with E-state index in [4.69, 9.17) is 0 Å². The first kappa shape index (κ1) is 24.1. The van der Waals surface area contributed by atoms with E-state index in [2.05, 4.69) is 20.0 Å². The van der Waals surface area contributed by atoms with Gasteiger partial charge in [-0.25, -0.2) is 35.9 Å². The van der Waals surface area contributed by atoms with E-state index < -0.39 is 38.3 Å². The Balaban J connectivity index is 1.70. The molecule has 1 heterocycles. The van der Waals surface area contributed by atoms with Crippen LogP contribution in [0.5, 0.6) is 0 Å². The number of sulfonamides is 2. The van der Waals surface area contributed by atoms with Crippen LogP contribution in [0.15, 0.2) is 65.7 Å². The fourth-order valence-electron chi connectivity index (χ4n) is 2.73. The summed E-state index contributed by atoms with van der Waals surface area (Å²) in [4.78, 5) is 20.2. The molecule has 0 aliphatic heterocycles. The number of carbonyl (C=O) groups is 1. The van der Waals surface area contributed by atoms with Crippen LogP contribution in [0.25, 0.3) is 0 Å². The van der Waals surface area contributed by atoms with E-state index in [0.717, 1.165) is 22.7 Å². The molecule has 0 unspecified atom stereocenters. The summed E-state index contributed by atoms with van der Waals surface area (Å²) in [6, 6.07) is 11.5. The fourth-order valence-corrected chi connectivity index (χ4v) is 4.54. The van der Waals surface area contributed by atoms with Gasteiger partial charge in [-0.1, -0.05) is 0 Å². The number of nitrogens with one attached hydrogen (secondary N) is 2. The van der Waals surface area contributed by atoms with Crippen molar-refractivity contribution in [2.75, 3.05) is 27.1 Å². The van der Waals surface area contributed by atoms with E-state index in [-0.39, 0.29) is 22.2 Å². The van der Waals surface area contributed by atoms with Gasteiger partial charge in [0.1, 0.15) is 12.4 Å². The molecule has 0 aliphatic rings. The van der Waals surface area contributed by atoms with Crippen LogP contribution >= 0.6 is 0 Å². The minimum atomic E-state index is -3.96. The molecule has 1 amide bonds. The van der Waals surface area contributed by atoms with E-state index in [1.165, 1.54) is 42.6 Å². The van der Waals surface area contributed by atoms with Crippen LogP contribution in [0.1, 0.15) is 5.69 Å². The summed E-state index contributed by atoms with van der Waals surface area (Å²) < 4.78 is 65.4. The molecule has 174 valence electrons. The second-order valence-corrected chi connectivity index (χ2v) is 10.5. The molecule has 2 aromatic carbocycles. The zero-order chi connectivity index (χ0) is 24.2. The van der Waals surface area contributed by atoms with E-state index in [0.29, 0.717) is 5.69 Å². The lowest BCUT2D eigenvalue weighted by Crippen LogP contribution is -2.37. The second kappa shape index (κ2) is 9.50. The number of amides is 1. The molecule has 0 bridgehead atoms. The van der Waals surface area contributed by atoms with Gasteiger partial charge in [0.2, 0.25) is 21.9 Å². The predicted molar refractivity (Wildman–Crippen MR) is 121 cm³/mol. The van der Waals surface area contributed by atoms with E-state index in [1.54, 1.807) is 13.0 Å². The average molecular weight is 494 g/mol. The molecule has 2 N–H and O–H groups in total. The molecular weight excluding hydrogens is 473 g/mol. The third kappa shape index (κ3) is 6.46. The number of benzene rings is 2. The fraction of sp³-hybridized carbons (Fsp3) is 0.150. The number of carbonyl (C=O) groups excluding carboxylic acids is 1. The van der Waals surface area contributed by atoms with Gasteiger partial charge in [-0.05, 0) is 61.5 Å². The maximum Gasteiger partial charge on any atom is 0.264 e. The van der Waals surface area contributed by atoms with Crippen LogP contribution in [0.2, 0.25) is 0 Å². The molecule has 3 aromatic rings. The van der Waals surface area contributed by atoms with E-state index in [9.17, 15) is 26.0 Å². The van der Waals surface area contributed by atoms with Gasteiger partial charge in [-0.15, -0.1) is 0 Å². The van der Waals surface area contributed by atoms with E-state index in [1.807, 2.05) is 0 Å². The van der Waals surface area contributed by atoms with Crippen LogP contribution in [0, 0.1) is 12.7 Å². The summed E-state index contributed by atoms with van der Waals surface area (Å²) in [5.74, 6) is -1.30. The number of aromatic nitrogens is 2. The molecule has 33 heavy (non-hydrogen) atoms. The molecule has 0 saturated carbocycles. The molecule has 13 heteroatoms. The first-order chi connectivity index (χ1) is 15.4. The van der Waals surface area contributed by atoms with Gasteiger partial charge in [0.25, 0.3) is 10.0 Å². The van der Waals surface area contributed by atoms with Gasteiger partial charge in [-0.2, -0.15) is 0 Å². The Hall–Kier alpha value is -3.58. The Bertz CT molecular complexity index is 1360. The lowest BCUT2D eigenvalue weighted by Gasteiger charge is -2.21. The van der Waals surface area contributed by atoms with Crippen molar-refractivity contribution in [3.05, 3.63) is 72.3 Å². The van der Waals surface area contributed by atoms with Crippen molar-refractivity contribution >= 4 is 43.3 Å². The smallest absolute Gasteiger partial charge is 0.264 e. The van der Waals surface area contributed by atoms with Crippen molar-refractivity contribution in [1.29, 1.82) is 0 Å². The quantitative estimate of drug-likeness (QED) is 0.490. The Morgan fingerprint density at radius 1 is 1.00 bits per heavy atom. The van der Waals surface area contributed by atoms with Crippen molar-refractivity contribution in [2.24, 2.45) is 0 Å². The number of nitrogens with zero attached hydrogens (tertiary/aromatic N) is 3. The molecule has 0 atom stereocenters. The molecule has 0 fully saturated rings. The highest BCUT2D eigenvalue weighted by atomic mass is 32.2. The molecule has 1 aromatic heterocycles. The molecule has 0 saturated heterocycles. The normalized spacial score (nSPS) is 11.6. The Morgan fingerprint density at radius 3 is 2.21 bits per heavy atom. The van der Waals surface area contributed by atoms with Gasteiger partial charge in [0.15, 0.2) is 0 Å². The van der Waals surface area contributed by atoms with Gasteiger partial charge in [0, 0.05) is 17.6 Å². The van der Waals surface area contributed by atoms with Crippen molar-refractivity contribution in [3.63, 3.8) is 0 Å². The first-order valence-electron chi connectivity index (χ1n) is 9.40. The van der Waals surface area contributed by atoms with Crippen molar-refractivity contribution in [3.8, 4) is 0 Å². The summed E-state index contributed by atoms with van der Waals surface area (Å²) in [6.07, 6.45) is 2.35. The standard InChI is InChI=1S/C20H20FN5O5S2/c1-14-11-12-22-20(23-14)25-33(30,31)18-9-5-16(6-10-18)24-19(27)13-26(32(2,28)29)17-7-3-15(21)4-8-17/h3-12H,13H2,1-2H3,(H,24,27)(H,22,23,25). The Morgan fingerprint density at radius 2 is 1.64 bits per heavy atom. The van der Waals surface area contributed by atoms with Gasteiger partial charge >= 0.3 is 0 Å². The predicted octanol–water partition coefficient (Wildman–Crippen LogP) is 2.13. The maximum absolute atomic E-state index is 13.2. The minimum Gasteiger partial charge on any atom is -0.325 e. The second-order valence-electron chi connectivity index (χ2n) is 6.95. The first-order valence-corrected chi connectivity index (χ1v) is 12.7. The minimum absolute atomic E-state index is 0.0750. The molecule has 0 radical (unpaired) electrons. The summed E-state index contributed by atoms with van der Waals surface area (Å²) in [7, 11) is -7.79. The largest absolute Gasteiger partial charge is 0.325 e. The van der Waals surface area contributed by atoms with Crippen LogP contribution < -0.4 is 14.3 Å². The highest BCUT2D eigenvalue weighted by molar-refractivity contribution is 7.92. The van der Waals surface area contributed by atoms with E-state index >= 15 is 0 Å². The SMILES string of the molecule is Cc1ccnc(NS(=O)(=O)c2ccc(NC(=O)CN(c3ccc(F)cc3)S(C)(=O)=O)cc2)n1. The zero-order valence-corrected chi connectivity index (χ0v) is 19.2. The summed E-state index contributed by atoms with van der Waals surface area (Å²) in [6.45, 7) is 1.13. The molecule has 0 aliphatic carbocycles. The number of hydrogen-bond donors (Lipinski definition) is 2. The zero-order valence-electron chi connectivity index (χ0n) is 17.6. The monoisotopic (exact) mass is 493 g/mol. The van der Waals surface area contributed by atoms with Crippen molar-refractivity contribution in [1.82, 2.24) is 9.97 Å². The third-order valence-electron chi connectivity index (χ3n) is 4.27. The summed E-state index contributed by atoms with van der Waals surface area (Å²) in [5.41, 5.74) is 0.961. The summed E-state index contributed by atoms with van der Waals surface area (Å²) >= 11 is 0. The van der Waals surface area contributed by atoms with Crippen LogP contribution in [-0.2, 0) is 24.8 Å². The number of anilines is 3. The maximum atomic E-state index is 13.2. The number of halogens is 1. The molecular formula is C20H20FN5O5S2. The van der Waals surface area contributed by atoms with Gasteiger partial charge < -0.3 is 5.32 Å². The lowest BCUT2D eigenvalue weighted by atomic mass is 10.3. The number of aryl methyl sites for hydroxylation is 1. The average Bonchev–Trinajstić information content (AvgIpc) is 2.72. The van der Waals surface area contributed by atoms with Crippen molar-refractivity contribution in [2.45, 2.75) is 11.8 Å². The highest BCUT2D eigenvalue weighted by Gasteiger charge is 2.21. The molecule has 10 nitrogen and oxygen atoms in total. The van der Waals surface area contributed by atoms with Crippen molar-refractivity contribution < 1.29 is 26.0 Å². The van der Waals surface area contributed by atoms with Gasteiger partial charge in [0.05, 0.1) is 16.8 Å². The molecule has 3 rings (SSSR count). The Labute approximate surface area is 190 Å². The molecule has 0 spiro atoms. The summed E-state index contributed by atoms with van der Waals surface area (Å²) in [5, 5.41) is 2.50. The Kier molecular flexibility index (Phi) is 6.93. The van der Waals surface area contributed by atoms with Crippen LogP contribution in [-0.4, -0.2) is 45.5 Å². The number of hydrogen-bond acceptors (Lipinski definition) is 7.